The molecule has 1 aliphatic heterocycles. The highest BCUT2D eigenvalue weighted by Gasteiger charge is 2.36. The summed E-state index contributed by atoms with van der Waals surface area (Å²) >= 11 is 0. The third kappa shape index (κ3) is 6.86. The van der Waals surface area contributed by atoms with Gasteiger partial charge >= 0.3 is 17.9 Å². The van der Waals surface area contributed by atoms with Crippen LogP contribution in [-0.4, -0.2) is 70.4 Å². The Morgan fingerprint density at radius 2 is 1.84 bits per heavy atom. The van der Waals surface area contributed by atoms with Crippen molar-refractivity contribution in [2.24, 2.45) is 0 Å². The van der Waals surface area contributed by atoms with Crippen molar-refractivity contribution >= 4 is 29.4 Å². The average molecular weight is 453 g/mol. The monoisotopic (exact) mass is 452 g/mol. The van der Waals surface area contributed by atoms with Crippen LogP contribution in [0.1, 0.15) is 41.5 Å². The number of aromatic nitrogens is 1. The topological polar surface area (TPSA) is 153 Å². The van der Waals surface area contributed by atoms with Crippen molar-refractivity contribution in [1.82, 2.24) is 15.2 Å². The molecule has 0 aliphatic carbocycles. The Balaban J connectivity index is 2.25. The van der Waals surface area contributed by atoms with Gasteiger partial charge in [-0.25, -0.2) is 14.6 Å². The summed E-state index contributed by atoms with van der Waals surface area (Å²) in [6.45, 7) is 11.2. The largest absolute Gasteiger partial charge is 0.444 e. The maximum Gasteiger partial charge on any atom is 0.410 e. The lowest BCUT2D eigenvalue weighted by Crippen LogP contribution is -2.60. The number of carbonyl (C=O) groups is 2. The van der Waals surface area contributed by atoms with Crippen LogP contribution in [0.2, 0.25) is 0 Å². The zero-order valence-corrected chi connectivity index (χ0v) is 19.4. The summed E-state index contributed by atoms with van der Waals surface area (Å²) in [4.78, 5) is 43.2. The summed E-state index contributed by atoms with van der Waals surface area (Å²) in [5.41, 5.74) is 4.12. The Kier molecular flexibility index (Phi) is 7.37. The van der Waals surface area contributed by atoms with Gasteiger partial charge in [0, 0.05) is 32.4 Å². The number of nitrogens with zero attached hydrogens (tertiary/aromatic N) is 4. The minimum Gasteiger partial charge on any atom is -0.444 e. The van der Waals surface area contributed by atoms with Crippen molar-refractivity contribution in [1.29, 1.82) is 0 Å². The highest BCUT2D eigenvalue weighted by atomic mass is 16.6. The summed E-state index contributed by atoms with van der Waals surface area (Å²) in [5, 5.41) is 14.2. The van der Waals surface area contributed by atoms with E-state index in [2.05, 4.69) is 10.3 Å². The predicted octanol–water partition coefficient (Wildman–Crippen LogP) is 2.52. The first-order valence-electron chi connectivity index (χ1n) is 10.3. The summed E-state index contributed by atoms with van der Waals surface area (Å²) in [6.07, 6.45) is 0.223. The minimum absolute atomic E-state index is 0.00185. The maximum absolute atomic E-state index is 12.8. The van der Waals surface area contributed by atoms with E-state index in [4.69, 9.17) is 15.2 Å². The zero-order chi connectivity index (χ0) is 24.3. The van der Waals surface area contributed by atoms with Gasteiger partial charge in [0.2, 0.25) is 5.82 Å². The van der Waals surface area contributed by atoms with Gasteiger partial charge in [-0.2, -0.15) is 0 Å². The molecular formula is C20H32N6O6. The van der Waals surface area contributed by atoms with Crippen molar-refractivity contribution in [2.75, 3.05) is 36.8 Å². The molecule has 0 radical (unpaired) electrons. The first-order chi connectivity index (χ1) is 14.7. The van der Waals surface area contributed by atoms with Gasteiger partial charge in [-0.3, -0.25) is 15.0 Å². The molecule has 2 rings (SSSR count). The molecule has 0 aromatic carbocycles. The number of carbonyl (C=O) groups excluding carboxylic acids is 2. The molecule has 178 valence electrons. The molecule has 3 N–H and O–H groups in total. The average Bonchev–Trinajstić information content (AvgIpc) is 2.62. The van der Waals surface area contributed by atoms with Crippen LogP contribution in [0.25, 0.3) is 0 Å². The van der Waals surface area contributed by atoms with Crippen LogP contribution in [0, 0.1) is 10.1 Å². The molecule has 2 heterocycles. The minimum atomic E-state index is -0.703. The number of nitrogens with one attached hydrogen (secondary N) is 1. The van der Waals surface area contributed by atoms with E-state index in [1.807, 2.05) is 0 Å². The molecule has 1 atom stereocenters. The molecule has 1 saturated heterocycles. The lowest BCUT2D eigenvalue weighted by molar-refractivity contribution is -0.383. The number of rotatable bonds is 4. The van der Waals surface area contributed by atoms with E-state index in [0.717, 1.165) is 0 Å². The van der Waals surface area contributed by atoms with E-state index in [1.54, 1.807) is 46.4 Å². The number of hydrogen-bond acceptors (Lipinski definition) is 9. The van der Waals surface area contributed by atoms with Crippen LogP contribution in [0.4, 0.5) is 26.8 Å². The van der Waals surface area contributed by atoms with Crippen molar-refractivity contribution < 1.29 is 24.0 Å². The summed E-state index contributed by atoms with van der Waals surface area (Å²) < 4.78 is 10.8. The van der Waals surface area contributed by atoms with Crippen molar-refractivity contribution in [3.8, 4) is 0 Å². The number of piperazine rings is 1. The highest BCUT2D eigenvalue weighted by molar-refractivity contribution is 5.73. The first kappa shape index (κ1) is 25.0. The highest BCUT2D eigenvalue weighted by Crippen LogP contribution is 2.32. The number of nitrogens with two attached hydrogens (primary N) is 1. The number of ether oxygens (including phenoxy) is 2. The molecule has 32 heavy (non-hydrogen) atoms. The second-order valence-corrected chi connectivity index (χ2v) is 9.49. The third-order valence-corrected chi connectivity index (χ3v) is 4.41. The number of anilines is 2. The van der Waals surface area contributed by atoms with Crippen molar-refractivity contribution in [3.63, 3.8) is 0 Å². The Labute approximate surface area is 187 Å². The molecule has 0 spiro atoms. The molecule has 1 unspecified atom stereocenters. The number of nitro groups is 1. The lowest BCUT2D eigenvalue weighted by Gasteiger charge is -2.42. The standard InChI is InChI=1S/C20H32N6O6/c1-19(2,3)31-17(27)23-11-13-12-24(9-10-25(13)18(28)32-20(4,5)6)16-15(26(29)30)14(21)7-8-22-16/h7-8,13H,9-12H2,1-6H3,(H2,21,22)(H,23,27). The number of amides is 2. The lowest BCUT2D eigenvalue weighted by atomic mass is 10.1. The van der Waals surface area contributed by atoms with Gasteiger partial charge in [0.15, 0.2) is 0 Å². The molecule has 1 aliphatic rings. The molecule has 1 fully saturated rings. The van der Waals surface area contributed by atoms with Crippen molar-refractivity contribution in [3.05, 3.63) is 22.4 Å². The number of nitrogen functional groups attached to an aromatic ring is 1. The van der Waals surface area contributed by atoms with Crippen LogP contribution in [0.3, 0.4) is 0 Å². The van der Waals surface area contributed by atoms with Gasteiger partial charge < -0.3 is 25.4 Å². The van der Waals surface area contributed by atoms with E-state index < -0.39 is 34.4 Å². The number of alkyl carbamates (subject to hydrolysis) is 1. The second-order valence-electron chi connectivity index (χ2n) is 9.49. The Bertz CT molecular complexity index is 863. The van der Waals surface area contributed by atoms with E-state index in [9.17, 15) is 19.7 Å². The Morgan fingerprint density at radius 1 is 1.22 bits per heavy atom. The summed E-state index contributed by atoms with van der Waals surface area (Å²) in [6, 6.07) is 0.814. The quantitative estimate of drug-likeness (QED) is 0.518. The van der Waals surface area contributed by atoms with E-state index >= 15 is 0 Å². The summed E-state index contributed by atoms with van der Waals surface area (Å²) in [5.74, 6) is 0.112. The fourth-order valence-electron chi connectivity index (χ4n) is 3.17. The molecule has 0 bridgehead atoms. The van der Waals surface area contributed by atoms with Gasteiger partial charge in [0.1, 0.15) is 16.9 Å². The van der Waals surface area contributed by atoms with Crippen LogP contribution in [0.15, 0.2) is 12.3 Å². The van der Waals surface area contributed by atoms with Crippen LogP contribution in [-0.2, 0) is 9.47 Å². The number of hydrogen-bond donors (Lipinski definition) is 2. The van der Waals surface area contributed by atoms with E-state index in [0.29, 0.717) is 0 Å². The SMILES string of the molecule is CC(C)(C)OC(=O)NCC1CN(c2nccc(N)c2[N+](=O)[O-])CCN1C(=O)OC(C)(C)C. The number of pyridine rings is 1. The van der Waals surface area contributed by atoms with Gasteiger partial charge in [0.05, 0.1) is 11.0 Å². The van der Waals surface area contributed by atoms with E-state index in [-0.39, 0.29) is 43.4 Å². The maximum atomic E-state index is 12.8. The zero-order valence-electron chi connectivity index (χ0n) is 19.4. The molecule has 1 aromatic rings. The van der Waals surface area contributed by atoms with Gasteiger partial charge in [-0.05, 0) is 47.6 Å². The molecule has 12 nitrogen and oxygen atoms in total. The molecule has 1 aromatic heterocycles. The van der Waals surface area contributed by atoms with Crippen LogP contribution < -0.4 is 16.0 Å². The summed E-state index contributed by atoms with van der Waals surface area (Å²) in [7, 11) is 0. The first-order valence-corrected chi connectivity index (χ1v) is 10.3. The van der Waals surface area contributed by atoms with Gasteiger partial charge in [-0.1, -0.05) is 0 Å². The Hall–Kier alpha value is -3.31. The van der Waals surface area contributed by atoms with Crippen LogP contribution in [0.5, 0.6) is 0 Å². The second kappa shape index (κ2) is 9.45. The predicted molar refractivity (Wildman–Crippen MR) is 118 cm³/mol. The Morgan fingerprint density at radius 3 is 2.41 bits per heavy atom. The third-order valence-electron chi connectivity index (χ3n) is 4.41. The van der Waals surface area contributed by atoms with Gasteiger partial charge in [-0.15, -0.1) is 0 Å². The molecule has 0 saturated carbocycles. The fourth-order valence-corrected chi connectivity index (χ4v) is 3.17. The van der Waals surface area contributed by atoms with Crippen LogP contribution >= 0.6 is 0 Å². The smallest absolute Gasteiger partial charge is 0.410 e. The molecule has 12 heteroatoms. The normalized spacial score (nSPS) is 17.0. The fraction of sp³-hybridized carbons (Fsp3) is 0.650. The van der Waals surface area contributed by atoms with Gasteiger partial charge in [0.25, 0.3) is 0 Å². The molecule has 2 amide bonds. The van der Waals surface area contributed by atoms with E-state index in [1.165, 1.54) is 17.2 Å². The molecular weight excluding hydrogens is 420 g/mol. The van der Waals surface area contributed by atoms with Crippen molar-refractivity contribution in [2.45, 2.75) is 58.8 Å².